The number of anilines is 1. The highest BCUT2D eigenvalue weighted by atomic mass is 32.1. The molecule has 4 rings (SSSR count). The van der Waals surface area contributed by atoms with Crippen LogP contribution >= 0.6 is 11.5 Å². The SMILES string of the molecule is CCCCOCOCC(=O)Nc1cccc2c1C(=O)c1cccc3snc-2c13. The number of aromatic nitrogens is 1. The van der Waals surface area contributed by atoms with E-state index in [1.807, 2.05) is 24.3 Å². The van der Waals surface area contributed by atoms with Crippen molar-refractivity contribution in [2.75, 3.05) is 25.3 Å². The second kappa shape index (κ2) is 8.18. The van der Waals surface area contributed by atoms with E-state index in [4.69, 9.17) is 9.47 Å². The van der Waals surface area contributed by atoms with E-state index in [0.717, 1.165) is 34.2 Å². The molecule has 1 heterocycles. The molecule has 1 N–H and O–H groups in total. The first-order chi connectivity index (χ1) is 13.7. The maximum Gasteiger partial charge on any atom is 0.250 e. The minimum Gasteiger partial charge on any atom is -0.355 e. The van der Waals surface area contributed by atoms with E-state index in [9.17, 15) is 9.59 Å². The first-order valence-electron chi connectivity index (χ1n) is 9.22. The molecule has 0 spiro atoms. The second-order valence-electron chi connectivity index (χ2n) is 6.54. The molecule has 0 saturated heterocycles. The van der Waals surface area contributed by atoms with Crippen molar-refractivity contribution in [3.05, 3.63) is 47.5 Å². The number of amides is 1. The molecule has 1 amide bonds. The number of fused-ring (bicyclic) bond motifs is 2. The third kappa shape index (κ3) is 3.44. The Morgan fingerprint density at radius 1 is 1.14 bits per heavy atom. The van der Waals surface area contributed by atoms with Gasteiger partial charge in [0.15, 0.2) is 5.78 Å². The molecule has 0 fully saturated rings. The quantitative estimate of drug-likeness (QED) is 0.356. The van der Waals surface area contributed by atoms with Crippen LogP contribution in [0.4, 0.5) is 5.69 Å². The molecule has 144 valence electrons. The Labute approximate surface area is 166 Å². The van der Waals surface area contributed by atoms with Gasteiger partial charge in [0.25, 0.3) is 5.91 Å². The van der Waals surface area contributed by atoms with Crippen LogP contribution in [0.15, 0.2) is 36.4 Å². The Kier molecular flexibility index (Phi) is 5.47. The van der Waals surface area contributed by atoms with Crippen LogP contribution in [0, 0.1) is 0 Å². The number of ketones is 1. The van der Waals surface area contributed by atoms with Crippen LogP contribution in [-0.4, -0.2) is 36.1 Å². The normalized spacial score (nSPS) is 12.2. The number of hydrogen-bond donors (Lipinski definition) is 1. The van der Waals surface area contributed by atoms with Crippen LogP contribution in [0.25, 0.3) is 21.3 Å². The lowest BCUT2D eigenvalue weighted by atomic mass is 9.86. The van der Waals surface area contributed by atoms with Crippen molar-refractivity contribution >= 4 is 39.0 Å². The van der Waals surface area contributed by atoms with E-state index in [2.05, 4.69) is 16.6 Å². The Morgan fingerprint density at radius 3 is 2.82 bits per heavy atom. The van der Waals surface area contributed by atoms with Gasteiger partial charge in [-0.15, -0.1) is 0 Å². The highest BCUT2D eigenvalue weighted by Gasteiger charge is 2.29. The van der Waals surface area contributed by atoms with Gasteiger partial charge in [-0.05, 0) is 30.1 Å². The number of nitrogens with zero attached hydrogens (tertiary/aromatic N) is 1. The highest BCUT2D eigenvalue weighted by molar-refractivity contribution is 7.13. The smallest absolute Gasteiger partial charge is 0.250 e. The van der Waals surface area contributed by atoms with Crippen LogP contribution in [0.2, 0.25) is 0 Å². The van der Waals surface area contributed by atoms with E-state index < -0.39 is 0 Å². The molecule has 0 radical (unpaired) electrons. The number of rotatable bonds is 8. The second-order valence-corrected chi connectivity index (χ2v) is 7.35. The topological polar surface area (TPSA) is 77.5 Å². The van der Waals surface area contributed by atoms with Gasteiger partial charge in [0, 0.05) is 23.1 Å². The minimum absolute atomic E-state index is 0.0728. The summed E-state index contributed by atoms with van der Waals surface area (Å²) in [5, 5.41) is 3.68. The summed E-state index contributed by atoms with van der Waals surface area (Å²) in [5.41, 5.74) is 3.11. The van der Waals surface area contributed by atoms with Gasteiger partial charge < -0.3 is 14.8 Å². The van der Waals surface area contributed by atoms with Gasteiger partial charge in [-0.3, -0.25) is 9.59 Å². The zero-order chi connectivity index (χ0) is 19.5. The zero-order valence-corrected chi connectivity index (χ0v) is 16.3. The number of hydrogen-bond acceptors (Lipinski definition) is 6. The van der Waals surface area contributed by atoms with Crippen molar-refractivity contribution in [2.24, 2.45) is 0 Å². The molecular weight excluding hydrogens is 376 g/mol. The lowest BCUT2D eigenvalue weighted by molar-refractivity contribution is -0.126. The molecule has 7 heteroatoms. The van der Waals surface area contributed by atoms with Crippen molar-refractivity contribution in [2.45, 2.75) is 19.8 Å². The largest absolute Gasteiger partial charge is 0.355 e. The summed E-state index contributed by atoms with van der Waals surface area (Å²) in [6, 6.07) is 11.0. The van der Waals surface area contributed by atoms with Gasteiger partial charge in [-0.25, -0.2) is 0 Å². The summed E-state index contributed by atoms with van der Waals surface area (Å²) >= 11 is 1.37. The van der Waals surface area contributed by atoms with E-state index >= 15 is 0 Å². The van der Waals surface area contributed by atoms with Gasteiger partial charge in [-0.2, -0.15) is 4.37 Å². The van der Waals surface area contributed by atoms with Gasteiger partial charge in [0.05, 0.1) is 21.6 Å². The predicted octanol–water partition coefficient (Wildman–Crippen LogP) is 4.24. The summed E-state index contributed by atoms with van der Waals surface area (Å²) in [6.07, 6.45) is 2.00. The fraction of sp³-hybridized carbons (Fsp3) is 0.286. The van der Waals surface area contributed by atoms with Crippen LogP contribution in [0.3, 0.4) is 0 Å². The summed E-state index contributed by atoms with van der Waals surface area (Å²) in [7, 11) is 0. The summed E-state index contributed by atoms with van der Waals surface area (Å²) < 4.78 is 16.1. The van der Waals surface area contributed by atoms with E-state index in [1.165, 1.54) is 11.5 Å². The molecule has 28 heavy (non-hydrogen) atoms. The number of nitrogens with one attached hydrogen (secondary N) is 1. The molecule has 0 saturated carbocycles. The average molecular weight is 396 g/mol. The standard InChI is InChI=1S/C21H20N2O4S/c1-2-3-10-26-12-27-11-17(24)22-15-8-4-6-13-18(15)21(25)14-7-5-9-16-19(14)20(13)23-28-16/h4-9H,2-3,10-12H2,1H3,(H,22,24). The monoisotopic (exact) mass is 396 g/mol. The Balaban J connectivity index is 1.53. The number of benzene rings is 2. The summed E-state index contributed by atoms with van der Waals surface area (Å²) in [6.45, 7) is 2.62. The van der Waals surface area contributed by atoms with Gasteiger partial charge >= 0.3 is 0 Å². The van der Waals surface area contributed by atoms with Gasteiger partial charge in [-0.1, -0.05) is 37.6 Å². The number of unbranched alkanes of at least 4 members (excludes halogenated alkanes) is 1. The molecule has 0 bridgehead atoms. The van der Waals surface area contributed by atoms with Crippen LogP contribution in [0.5, 0.6) is 0 Å². The molecule has 3 aromatic rings. The van der Waals surface area contributed by atoms with Gasteiger partial charge in [0.2, 0.25) is 0 Å². The van der Waals surface area contributed by atoms with Crippen LogP contribution in [0.1, 0.15) is 35.7 Å². The maximum atomic E-state index is 13.1. The summed E-state index contributed by atoms with van der Waals surface area (Å²) in [4.78, 5) is 25.4. The lowest BCUT2D eigenvalue weighted by Gasteiger charge is -2.18. The summed E-state index contributed by atoms with van der Waals surface area (Å²) in [5.74, 6) is -0.435. The first kappa shape index (κ1) is 18.7. The molecule has 1 aliphatic carbocycles. The van der Waals surface area contributed by atoms with Crippen LogP contribution < -0.4 is 5.32 Å². The number of ether oxygens (including phenoxy) is 2. The minimum atomic E-state index is -0.331. The Morgan fingerprint density at radius 2 is 1.96 bits per heavy atom. The molecular formula is C21H20N2O4S. The van der Waals surface area contributed by atoms with Gasteiger partial charge in [0.1, 0.15) is 13.4 Å². The third-order valence-electron chi connectivity index (χ3n) is 4.61. The van der Waals surface area contributed by atoms with E-state index in [-0.39, 0.29) is 25.1 Å². The van der Waals surface area contributed by atoms with Crippen molar-refractivity contribution in [3.63, 3.8) is 0 Å². The number of carbonyl (C=O) groups is 2. The molecule has 1 aromatic heterocycles. The number of carbonyl (C=O) groups excluding carboxylic acids is 2. The lowest BCUT2D eigenvalue weighted by Crippen LogP contribution is -2.22. The van der Waals surface area contributed by atoms with Crippen molar-refractivity contribution in [3.8, 4) is 11.3 Å². The molecule has 0 unspecified atom stereocenters. The highest BCUT2D eigenvalue weighted by Crippen LogP contribution is 2.42. The third-order valence-corrected chi connectivity index (χ3v) is 5.42. The Hall–Kier alpha value is -2.61. The van der Waals surface area contributed by atoms with Crippen LogP contribution in [-0.2, 0) is 14.3 Å². The molecule has 2 aromatic carbocycles. The average Bonchev–Trinajstić information content (AvgIpc) is 3.14. The van der Waals surface area contributed by atoms with E-state index in [1.54, 1.807) is 12.1 Å². The predicted molar refractivity (Wildman–Crippen MR) is 109 cm³/mol. The van der Waals surface area contributed by atoms with E-state index in [0.29, 0.717) is 23.4 Å². The fourth-order valence-corrected chi connectivity index (χ4v) is 4.10. The first-order valence-corrected chi connectivity index (χ1v) is 10.00. The maximum absolute atomic E-state index is 13.1. The van der Waals surface area contributed by atoms with Crippen molar-refractivity contribution in [1.82, 2.24) is 4.37 Å². The molecule has 0 aliphatic heterocycles. The van der Waals surface area contributed by atoms with Crippen molar-refractivity contribution in [1.29, 1.82) is 0 Å². The van der Waals surface area contributed by atoms with Crippen molar-refractivity contribution < 1.29 is 19.1 Å². The molecule has 1 aliphatic rings. The fourth-order valence-electron chi connectivity index (χ4n) is 3.28. The zero-order valence-electron chi connectivity index (χ0n) is 15.5. The molecule has 6 nitrogen and oxygen atoms in total. The molecule has 0 atom stereocenters. The Bertz CT molecular complexity index is 1040.